The summed E-state index contributed by atoms with van der Waals surface area (Å²) in [7, 11) is 1.71. The van der Waals surface area contributed by atoms with E-state index in [1.165, 1.54) is 24.3 Å². The van der Waals surface area contributed by atoms with Crippen LogP contribution in [0, 0.1) is 0 Å². The monoisotopic (exact) mass is 295 g/mol. The van der Waals surface area contributed by atoms with Crippen LogP contribution in [-0.2, 0) is 11.2 Å². The van der Waals surface area contributed by atoms with Gasteiger partial charge in [-0.25, -0.2) is 0 Å². The van der Waals surface area contributed by atoms with E-state index in [9.17, 15) is 0 Å². The minimum absolute atomic E-state index is 0.310. The van der Waals surface area contributed by atoms with Crippen molar-refractivity contribution in [1.29, 1.82) is 0 Å². The molecule has 1 aromatic carbocycles. The third kappa shape index (κ3) is 5.00. The number of rotatable bonds is 7. The van der Waals surface area contributed by atoms with Crippen molar-refractivity contribution in [2.45, 2.75) is 18.9 Å². The van der Waals surface area contributed by atoms with Gasteiger partial charge in [0, 0.05) is 19.5 Å². The van der Waals surface area contributed by atoms with Crippen LogP contribution in [0.2, 0.25) is 0 Å². The number of hydrogen-bond donors (Lipinski definition) is 0. The lowest BCUT2D eigenvalue weighted by Crippen LogP contribution is -2.43. The van der Waals surface area contributed by atoms with Crippen molar-refractivity contribution >= 4 is 11.8 Å². The van der Waals surface area contributed by atoms with E-state index < -0.39 is 0 Å². The first-order valence-electron chi connectivity index (χ1n) is 7.27. The molecule has 0 aromatic heterocycles. The normalized spacial score (nSPS) is 20.0. The van der Waals surface area contributed by atoms with Gasteiger partial charge in [0.1, 0.15) is 5.75 Å². The average molecular weight is 295 g/mol. The summed E-state index contributed by atoms with van der Waals surface area (Å²) < 4.78 is 11.2. The van der Waals surface area contributed by atoms with Crippen LogP contribution < -0.4 is 4.74 Å². The van der Waals surface area contributed by atoms with E-state index in [0.717, 1.165) is 31.9 Å². The molecular formula is C16H25NO2S. The maximum absolute atomic E-state index is 5.90. The summed E-state index contributed by atoms with van der Waals surface area (Å²) in [6, 6.07) is 8.29. The van der Waals surface area contributed by atoms with Crippen molar-refractivity contribution < 1.29 is 9.47 Å². The van der Waals surface area contributed by atoms with E-state index in [0.29, 0.717) is 6.10 Å². The van der Waals surface area contributed by atoms with Gasteiger partial charge in [-0.15, -0.1) is 0 Å². The van der Waals surface area contributed by atoms with E-state index in [-0.39, 0.29) is 0 Å². The lowest BCUT2D eigenvalue weighted by atomic mass is 10.1. The Kier molecular flexibility index (Phi) is 6.70. The van der Waals surface area contributed by atoms with E-state index in [4.69, 9.17) is 9.47 Å². The van der Waals surface area contributed by atoms with Crippen molar-refractivity contribution in [3.8, 4) is 5.75 Å². The molecule has 1 atom stereocenters. The van der Waals surface area contributed by atoms with Crippen LogP contribution in [0.3, 0.4) is 0 Å². The summed E-state index contributed by atoms with van der Waals surface area (Å²) in [6.07, 6.45) is 4.72. The summed E-state index contributed by atoms with van der Waals surface area (Å²) in [5.41, 5.74) is 1.29. The van der Waals surface area contributed by atoms with Crippen LogP contribution in [0.1, 0.15) is 12.0 Å². The Balaban J connectivity index is 1.82. The van der Waals surface area contributed by atoms with Crippen LogP contribution in [-0.4, -0.2) is 56.4 Å². The summed E-state index contributed by atoms with van der Waals surface area (Å²) in [6.45, 7) is 4.17. The lowest BCUT2D eigenvalue weighted by Gasteiger charge is -2.33. The second-order valence-electron chi connectivity index (χ2n) is 5.20. The van der Waals surface area contributed by atoms with Crippen molar-refractivity contribution in [2.24, 2.45) is 0 Å². The molecule has 1 aromatic rings. The summed E-state index contributed by atoms with van der Waals surface area (Å²) in [5.74, 6) is 2.17. The van der Waals surface area contributed by atoms with E-state index in [2.05, 4.69) is 23.3 Å². The Morgan fingerprint density at radius 2 is 2.35 bits per heavy atom. The molecule has 1 heterocycles. The van der Waals surface area contributed by atoms with Crippen LogP contribution in [0.15, 0.2) is 24.3 Å². The molecule has 0 unspecified atom stereocenters. The van der Waals surface area contributed by atoms with Gasteiger partial charge in [-0.05, 0) is 42.7 Å². The summed E-state index contributed by atoms with van der Waals surface area (Å²) in [4.78, 5) is 2.53. The predicted octanol–water partition coefficient (Wildman–Crippen LogP) is 2.69. The second-order valence-corrected chi connectivity index (χ2v) is 6.18. The Labute approximate surface area is 126 Å². The SMILES string of the molecule is COc1cccc(C[C@H]2CN(CCCSC)CCO2)c1. The molecule has 0 saturated carbocycles. The molecule has 1 aliphatic rings. The molecule has 112 valence electrons. The second kappa shape index (κ2) is 8.55. The first-order valence-corrected chi connectivity index (χ1v) is 8.67. The molecule has 1 saturated heterocycles. The highest BCUT2D eigenvalue weighted by Crippen LogP contribution is 2.17. The Bertz CT molecular complexity index is 400. The predicted molar refractivity (Wildman–Crippen MR) is 85.9 cm³/mol. The average Bonchev–Trinajstić information content (AvgIpc) is 2.48. The van der Waals surface area contributed by atoms with Gasteiger partial charge in [-0.1, -0.05) is 12.1 Å². The van der Waals surface area contributed by atoms with Crippen LogP contribution >= 0.6 is 11.8 Å². The van der Waals surface area contributed by atoms with Gasteiger partial charge in [0.2, 0.25) is 0 Å². The van der Waals surface area contributed by atoms with E-state index in [1.54, 1.807) is 7.11 Å². The van der Waals surface area contributed by atoms with Crippen molar-refractivity contribution in [1.82, 2.24) is 4.90 Å². The molecule has 1 aliphatic heterocycles. The number of nitrogens with zero attached hydrogens (tertiary/aromatic N) is 1. The molecule has 4 heteroatoms. The molecule has 2 rings (SSSR count). The van der Waals surface area contributed by atoms with Crippen molar-refractivity contribution in [3.05, 3.63) is 29.8 Å². The number of thioether (sulfide) groups is 1. The van der Waals surface area contributed by atoms with E-state index in [1.807, 2.05) is 23.9 Å². The summed E-state index contributed by atoms with van der Waals surface area (Å²) >= 11 is 1.93. The lowest BCUT2D eigenvalue weighted by molar-refractivity contribution is -0.0273. The van der Waals surface area contributed by atoms with Gasteiger partial charge in [0.25, 0.3) is 0 Å². The minimum Gasteiger partial charge on any atom is -0.497 e. The molecule has 0 radical (unpaired) electrons. The van der Waals surface area contributed by atoms with Crippen LogP contribution in [0.5, 0.6) is 5.75 Å². The van der Waals surface area contributed by atoms with E-state index >= 15 is 0 Å². The first kappa shape index (κ1) is 15.7. The third-order valence-electron chi connectivity index (χ3n) is 3.64. The summed E-state index contributed by atoms with van der Waals surface area (Å²) in [5, 5.41) is 0. The molecule has 1 fully saturated rings. The van der Waals surface area contributed by atoms with Crippen LogP contribution in [0.25, 0.3) is 0 Å². The van der Waals surface area contributed by atoms with Gasteiger partial charge >= 0.3 is 0 Å². The van der Waals surface area contributed by atoms with Gasteiger partial charge in [-0.2, -0.15) is 11.8 Å². The quantitative estimate of drug-likeness (QED) is 0.721. The fourth-order valence-electron chi connectivity index (χ4n) is 2.60. The fourth-order valence-corrected chi connectivity index (χ4v) is 3.02. The molecular weight excluding hydrogens is 270 g/mol. The van der Waals surface area contributed by atoms with Crippen molar-refractivity contribution in [2.75, 3.05) is 45.4 Å². The van der Waals surface area contributed by atoms with Gasteiger partial charge < -0.3 is 9.47 Å². The Morgan fingerprint density at radius 1 is 1.45 bits per heavy atom. The largest absolute Gasteiger partial charge is 0.497 e. The van der Waals surface area contributed by atoms with Crippen LogP contribution in [0.4, 0.5) is 0 Å². The zero-order valence-corrected chi connectivity index (χ0v) is 13.3. The third-order valence-corrected chi connectivity index (χ3v) is 4.34. The Hall–Kier alpha value is -0.710. The van der Waals surface area contributed by atoms with Crippen molar-refractivity contribution in [3.63, 3.8) is 0 Å². The molecule has 20 heavy (non-hydrogen) atoms. The zero-order chi connectivity index (χ0) is 14.2. The fraction of sp³-hybridized carbons (Fsp3) is 0.625. The first-order chi connectivity index (χ1) is 9.81. The molecule has 3 nitrogen and oxygen atoms in total. The zero-order valence-electron chi connectivity index (χ0n) is 12.5. The maximum atomic E-state index is 5.90. The van der Waals surface area contributed by atoms with Gasteiger partial charge in [0.05, 0.1) is 19.8 Å². The number of hydrogen-bond acceptors (Lipinski definition) is 4. The maximum Gasteiger partial charge on any atom is 0.119 e. The molecule has 0 spiro atoms. The smallest absolute Gasteiger partial charge is 0.119 e. The number of ether oxygens (including phenoxy) is 2. The molecule has 0 bridgehead atoms. The van der Waals surface area contributed by atoms with Gasteiger partial charge in [-0.3, -0.25) is 4.90 Å². The number of benzene rings is 1. The number of methoxy groups -OCH3 is 1. The van der Waals surface area contributed by atoms with Gasteiger partial charge in [0.15, 0.2) is 0 Å². The molecule has 0 amide bonds. The number of morpholine rings is 1. The molecule has 0 N–H and O–H groups in total. The highest BCUT2D eigenvalue weighted by atomic mass is 32.2. The highest BCUT2D eigenvalue weighted by Gasteiger charge is 2.20. The molecule has 0 aliphatic carbocycles. The topological polar surface area (TPSA) is 21.7 Å². The minimum atomic E-state index is 0.310. The Morgan fingerprint density at radius 3 is 3.15 bits per heavy atom. The standard InChI is InChI=1S/C16H25NO2S/c1-18-15-6-3-5-14(11-15)12-16-13-17(8-9-19-16)7-4-10-20-2/h3,5-6,11,16H,4,7-10,12-13H2,1-2H3/t16-/m0/s1. The highest BCUT2D eigenvalue weighted by molar-refractivity contribution is 7.98.